The molecule has 3 nitrogen and oxygen atoms in total. The number of nitrogens with zero attached hydrogens (tertiary/aromatic N) is 2. The molecule has 2 heterocycles. The number of fused-ring (bicyclic) bond motifs is 1. The summed E-state index contributed by atoms with van der Waals surface area (Å²) in [6, 6.07) is 11.7. The van der Waals surface area contributed by atoms with Gasteiger partial charge in [-0.25, -0.2) is 9.97 Å². The number of rotatable bonds is 3. The van der Waals surface area contributed by atoms with Gasteiger partial charge in [0.15, 0.2) is 0 Å². The minimum absolute atomic E-state index is 0.447. The lowest BCUT2D eigenvalue weighted by atomic mass is 10.2. The molecule has 0 amide bonds. The first-order valence-corrected chi connectivity index (χ1v) is 6.59. The first-order chi connectivity index (χ1) is 8.81. The highest BCUT2D eigenvalue weighted by Gasteiger charge is 2.06. The zero-order valence-electron chi connectivity index (χ0n) is 9.34. The first-order valence-electron chi connectivity index (χ1n) is 5.40. The molecule has 0 aliphatic rings. The normalized spacial score (nSPS) is 10.7. The summed E-state index contributed by atoms with van der Waals surface area (Å²) in [5, 5.41) is 1.08. The van der Waals surface area contributed by atoms with Crippen molar-refractivity contribution in [3.05, 3.63) is 53.3 Å². The van der Waals surface area contributed by atoms with Gasteiger partial charge in [0.05, 0.1) is 10.2 Å². The van der Waals surface area contributed by atoms with E-state index in [0.717, 1.165) is 15.8 Å². The van der Waals surface area contributed by atoms with E-state index in [1.807, 2.05) is 30.3 Å². The number of thiazole rings is 1. The molecule has 0 spiro atoms. The van der Waals surface area contributed by atoms with Crippen LogP contribution in [0, 0.1) is 0 Å². The highest BCUT2D eigenvalue weighted by molar-refractivity contribution is 7.20. The second-order valence-corrected chi connectivity index (χ2v) is 5.11. The second kappa shape index (κ2) is 4.92. The van der Waals surface area contributed by atoms with Crippen LogP contribution in [-0.2, 0) is 6.61 Å². The minimum atomic E-state index is 0.447. The van der Waals surface area contributed by atoms with Crippen LogP contribution in [0.1, 0.15) is 5.56 Å². The van der Waals surface area contributed by atoms with Crippen LogP contribution in [0.4, 0.5) is 0 Å². The molecule has 0 radical (unpaired) electrons. The van der Waals surface area contributed by atoms with Gasteiger partial charge in [-0.1, -0.05) is 53.3 Å². The molecule has 90 valence electrons. The van der Waals surface area contributed by atoms with Crippen molar-refractivity contribution in [2.75, 3.05) is 0 Å². The lowest BCUT2D eigenvalue weighted by Gasteiger charge is -2.01. The average Bonchev–Trinajstić information content (AvgIpc) is 2.79. The predicted molar refractivity (Wildman–Crippen MR) is 73.2 cm³/mol. The number of pyridine rings is 1. The van der Waals surface area contributed by atoms with Gasteiger partial charge in [-0.05, 0) is 5.56 Å². The van der Waals surface area contributed by atoms with E-state index in [1.165, 1.54) is 11.3 Å². The first kappa shape index (κ1) is 11.4. The van der Waals surface area contributed by atoms with Gasteiger partial charge in [-0.3, -0.25) is 0 Å². The van der Waals surface area contributed by atoms with Crippen molar-refractivity contribution < 1.29 is 4.74 Å². The van der Waals surface area contributed by atoms with Gasteiger partial charge in [-0.15, -0.1) is 0 Å². The van der Waals surface area contributed by atoms with Crippen LogP contribution in [0.5, 0.6) is 5.19 Å². The Kier molecular flexibility index (Phi) is 3.13. The van der Waals surface area contributed by atoms with E-state index in [2.05, 4.69) is 9.97 Å². The summed E-state index contributed by atoms with van der Waals surface area (Å²) in [5.74, 6) is 0. The molecule has 0 aliphatic heterocycles. The van der Waals surface area contributed by atoms with Gasteiger partial charge < -0.3 is 4.74 Å². The fourth-order valence-electron chi connectivity index (χ4n) is 1.57. The summed E-state index contributed by atoms with van der Waals surface area (Å²) in [7, 11) is 0. The third-order valence-corrected chi connectivity index (χ3v) is 3.55. The summed E-state index contributed by atoms with van der Waals surface area (Å²) < 4.78 is 6.63. The smallest absolute Gasteiger partial charge is 0.274 e. The maximum atomic E-state index is 5.81. The van der Waals surface area contributed by atoms with Crippen LogP contribution in [-0.4, -0.2) is 9.97 Å². The van der Waals surface area contributed by atoms with Crippen LogP contribution in [0.25, 0.3) is 10.2 Å². The molecule has 0 bridgehead atoms. The van der Waals surface area contributed by atoms with Crippen molar-refractivity contribution in [3.8, 4) is 5.19 Å². The van der Waals surface area contributed by atoms with Crippen molar-refractivity contribution in [3.63, 3.8) is 0 Å². The lowest BCUT2D eigenvalue weighted by molar-refractivity contribution is 0.305. The number of ether oxygens (including phenoxy) is 1. The molecule has 1 aromatic carbocycles. The Bertz CT molecular complexity index is 669. The Hall–Kier alpha value is -1.65. The quantitative estimate of drug-likeness (QED) is 0.680. The number of aromatic nitrogens is 2. The van der Waals surface area contributed by atoms with Crippen molar-refractivity contribution in [2.45, 2.75) is 6.61 Å². The van der Waals surface area contributed by atoms with E-state index in [1.54, 1.807) is 12.3 Å². The number of benzene rings is 1. The Balaban J connectivity index is 1.79. The summed E-state index contributed by atoms with van der Waals surface area (Å²) in [5.41, 5.74) is 1.94. The molecule has 0 atom stereocenters. The fraction of sp³-hybridized carbons (Fsp3) is 0.0769. The predicted octanol–water partition coefficient (Wildman–Crippen LogP) is 3.92. The molecule has 0 N–H and O–H groups in total. The number of hydrogen-bond donors (Lipinski definition) is 0. The molecule has 0 unspecified atom stereocenters. The van der Waals surface area contributed by atoms with Gasteiger partial charge in [0, 0.05) is 12.3 Å². The minimum Gasteiger partial charge on any atom is -0.465 e. The zero-order valence-corrected chi connectivity index (χ0v) is 10.9. The number of hydrogen-bond acceptors (Lipinski definition) is 4. The van der Waals surface area contributed by atoms with Crippen molar-refractivity contribution in [1.82, 2.24) is 9.97 Å². The SMILES string of the molecule is Clc1cc2nc(OCc3ccccc3)sc2cn1. The van der Waals surface area contributed by atoms with E-state index in [4.69, 9.17) is 16.3 Å². The number of halogens is 1. The molecule has 0 fully saturated rings. The van der Waals surface area contributed by atoms with Crippen LogP contribution in [0.3, 0.4) is 0 Å². The standard InChI is InChI=1S/C13H9ClN2OS/c14-12-6-10-11(7-15-12)18-13(16-10)17-8-9-4-2-1-3-5-9/h1-7H,8H2. The van der Waals surface area contributed by atoms with Crippen LogP contribution in [0.15, 0.2) is 42.6 Å². The monoisotopic (exact) mass is 276 g/mol. The van der Waals surface area contributed by atoms with Crippen LogP contribution >= 0.6 is 22.9 Å². The van der Waals surface area contributed by atoms with Crippen LogP contribution in [0.2, 0.25) is 5.15 Å². The van der Waals surface area contributed by atoms with Gasteiger partial charge in [0.25, 0.3) is 5.19 Å². The summed E-state index contributed by atoms with van der Waals surface area (Å²) in [4.78, 5) is 8.38. The maximum absolute atomic E-state index is 5.81. The maximum Gasteiger partial charge on any atom is 0.274 e. The third kappa shape index (κ3) is 2.44. The van der Waals surface area contributed by atoms with E-state index >= 15 is 0 Å². The Labute approximate surface area is 113 Å². The van der Waals surface area contributed by atoms with Crippen LogP contribution < -0.4 is 4.74 Å². The molecule has 0 saturated carbocycles. The molecule has 3 aromatic rings. The van der Waals surface area contributed by atoms with E-state index in [0.29, 0.717) is 17.0 Å². The van der Waals surface area contributed by atoms with Crippen molar-refractivity contribution >= 4 is 33.2 Å². The molecule has 5 heteroatoms. The third-order valence-electron chi connectivity index (χ3n) is 2.43. The molecule has 18 heavy (non-hydrogen) atoms. The fourth-order valence-corrected chi connectivity index (χ4v) is 2.49. The van der Waals surface area contributed by atoms with E-state index in [9.17, 15) is 0 Å². The van der Waals surface area contributed by atoms with E-state index < -0.39 is 0 Å². The largest absolute Gasteiger partial charge is 0.465 e. The highest BCUT2D eigenvalue weighted by Crippen LogP contribution is 2.28. The van der Waals surface area contributed by atoms with Crippen molar-refractivity contribution in [2.24, 2.45) is 0 Å². The summed E-state index contributed by atoms with van der Waals surface area (Å²) >= 11 is 7.28. The van der Waals surface area contributed by atoms with Gasteiger partial charge in [0.2, 0.25) is 0 Å². The Morgan fingerprint density at radius 3 is 2.89 bits per heavy atom. The van der Waals surface area contributed by atoms with Gasteiger partial charge in [-0.2, -0.15) is 0 Å². The molecular formula is C13H9ClN2OS. The zero-order chi connectivity index (χ0) is 12.4. The van der Waals surface area contributed by atoms with Crippen molar-refractivity contribution in [1.29, 1.82) is 0 Å². The highest BCUT2D eigenvalue weighted by atomic mass is 35.5. The average molecular weight is 277 g/mol. The molecule has 0 aliphatic carbocycles. The topological polar surface area (TPSA) is 35.0 Å². The molecule has 0 saturated heterocycles. The lowest BCUT2D eigenvalue weighted by Crippen LogP contribution is -1.93. The molecular weight excluding hydrogens is 268 g/mol. The summed E-state index contributed by atoms with van der Waals surface area (Å²) in [6.07, 6.45) is 1.71. The second-order valence-electron chi connectivity index (χ2n) is 3.73. The van der Waals surface area contributed by atoms with Gasteiger partial charge >= 0.3 is 0 Å². The molecule has 3 rings (SSSR count). The Morgan fingerprint density at radius 2 is 2.06 bits per heavy atom. The summed E-state index contributed by atoms with van der Waals surface area (Å²) in [6.45, 7) is 0.516. The van der Waals surface area contributed by atoms with Gasteiger partial charge in [0.1, 0.15) is 11.8 Å². The van der Waals surface area contributed by atoms with E-state index in [-0.39, 0.29) is 0 Å². The Morgan fingerprint density at radius 1 is 1.22 bits per heavy atom. The molecule has 2 aromatic heterocycles.